The molecule has 0 atom stereocenters. The van der Waals surface area contributed by atoms with E-state index in [1.54, 1.807) is 7.11 Å². The Hall–Kier alpha value is -2.67. The van der Waals surface area contributed by atoms with Gasteiger partial charge in [0, 0.05) is 46.4 Å². The summed E-state index contributed by atoms with van der Waals surface area (Å²) in [6.45, 7) is 3.94. The van der Waals surface area contributed by atoms with Gasteiger partial charge in [-0.1, -0.05) is 11.6 Å². The van der Waals surface area contributed by atoms with E-state index < -0.39 is 9.84 Å². The third kappa shape index (κ3) is 6.26. The van der Waals surface area contributed by atoms with Crippen molar-refractivity contribution in [2.75, 3.05) is 70.7 Å². The van der Waals surface area contributed by atoms with Crippen LogP contribution in [-0.2, 0) is 19.4 Å². The Kier molecular flexibility index (Phi) is 8.89. The lowest BCUT2D eigenvalue weighted by Gasteiger charge is -2.34. The minimum absolute atomic E-state index is 0.0294. The van der Waals surface area contributed by atoms with E-state index >= 15 is 0 Å². The van der Waals surface area contributed by atoms with E-state index in [0.717, 1.165) is 6.42 Å². The van der Waals surface area contributed by atoms with Crippen molar-refractivity contribution in [3.05, 3.63) is 29.4 Å². The van der Waals surface area contributed by atoms with E-state index in [0.29, 0.717) is 57.6 Å². The van der Waals surface area contributed by atoms with Gasteiger partial charge in [0.2, 0.25) is 21.7 Å². The van der Waals surface area contributed by atoms with Gasteiger partial charge in [0.25, 0.3) is 0 Å². The number of aromatic nitrogens is 2. The third-order valence-corrected chi connectivity index (χ3v) is 7.43. The van der Waals surface area contributed by atoms with Gasteiger partial charge >= 0.3 is 0 Å². The van der Waals surface area contributed by atoms with Crippen LogP contribution in [0.3, 0.4) is 0 Å². The van der Waals surface area contributed by atoms with Crippen molar-refractivity contribution < 1.29 is 22.7 Å². The molecule has 1 amide bonds. The number of hydrogen-bond donors (Lipinski definition) is 2. The van der Waals surface area contributed by atoms with Crippen molar-refractivity contribution >= 4 is 39.1 Å². The normalized spacial score (nSPS) is 14.7. The molecule has 0 radical (unpaired) electrons. The van der Waals surface area contributed by atoms with Gasteiger partial charge in [-0.25, -0.2) is 13.4 Å². The molecule has 0 spiro atoms. The van der Waals surface area contributed by atoms with Crippen LogP contribution in [0.15, 0.2) is 34.2 Å². The SMILES string of the molecule is COCCCNC(=O)CN1CCN(c2ncc(S(=O)(=O)c3ccc(OC)c(Cl)c3)c(N)n2)CC1. The summed E-state index contributed by atoms with van der Waals surface area (Å²) >= 11 is 6.08. The van der Waals surface area contributed by atoms with Gasteiger partial charge < -0.3 is 25.4 Å². The number of methoxy groups -OCH3 is 2. The first-order valence-electron chi connectivity index (χ1n) is 10.7. The number of nitrogens with one attached hydrogen (secondary N) is 1. The second kappa shape index (κ2) is 11.6. The number of nitrogen functional groups attached to an aromatic ring is 1. The minimum Gasteiger partial charge on any atom is -0.495 e. The molecule has 2 aromatic rings. The Morgan fingerprint density at radius 2 is 1.97 bits per heavy atom. The van der Waals surface area contributed by atoms with Gasteiger partial charge in [0.05, 0.1) is 29.8 Å². The predicted octanol–water partition coefficient (Wildman–Crippen LogP) is 0.828. The van der Waals surface area contributed by atoms with E-state index in [9.17, 15) is 13.2 Å². The van der Waals surface area contributed by atoms with Crippen molar-refractivity contribution in [3.63, 3.8) is 0 Å². The highest BCUT2D eigenvalue weighted by molar-refractivity contribution is 7.91. The lowest BCUT2D eigenvalue weighted by Crippen LogP contribution is -2.50. The fraction of sp³-hybridized carbons (Fsp3) is 0.476. The van der Waals surface area contributed by atoms with Crippen molar-refractivity contribution in [3.8, 4) is 5.75 Å². The average molecular weight is 513 g/mol. The van der Waals surface area contributed by atoms with E-state index in [2.05, 4.69) is 15.3 Å². The third-order valence-electron chi connectivity index (χ3n) is 5.36. The Morgan fingerprint density at radius 3 is 2.59 bits per heavy atom. The molecule has 13 heteroatoms. The highest BCUT2D eigenvalue weighted by atomic mass is 35.5. The topological polar surface area (TPSA) is 140 Å². The molecule has 1 saturated heterocycles. The number of anilines is 2. The van der Waals surface area contributed by atoms with Crippen LogP contribution in [0.25, 0.3) is 0 Å². The number of nitrogens with zero attached hydrogens (tertiary/aromatic N) is 4. The van der Waals surface area contributed by atoms with Crippen LogP contribution < -0.4 is 20.7 Å². The minimum atomic E-state index is -3.97. The number of hydrogen-bond acceptors (Lipinski definition) is 10. The number of sulfone groups is 1. The van der Waals surface area contributed by atoms with Crippen LogP contribution in [0, 0.1) is 0 Å². The second-order valence-electron chi connectivity index (χ2n) is 7.68. The first kappa shape index (κ1) is 25.9. The number of nitrogens with two attached hydrogens (primary N) is 1. The van der Waals surface area contributed by atoms with Crippen LogP contribution in [0.5, 0.6) is 5.75 Å². The van der Waals surface area contributed by atoms with Gasteiger partial charge in [-0.2, -0.15) is 4.98 Å². The first-order valence-corrected chi connectivity index (χ1v) is 12.6. The van der Waals surface area contributed by atoms with E-state index in [1.165, 1.54) is 31.5 Å². The molecule has 1 aromatic carbocycles. The fourth-order valence-corrected chi connectivity index (χ4v) is 5.09. The Bertz CT molecular complexity index is 1110. The molecule has 186 valence electrons. The summed E-state index contributed by atoms with van der Waals surface area (Å²) in [6, 6.07) is 4.16. The lowest BCUT2D eigenvalue weighted by molar-refractivity contribution is -0.122. The number of ether oxygens (including phenoxy) is 2. The zero-order chi connectivity index (χ0) is 24.7. The molecular formula is C21H29ClN6O5S. The Balaban J connectivity index is 1.61. The summed E-state index contributed by atoms with van der Waals surface area (Å²) in [5.74, 6) is 0.531. The summed E-state index contributed by atoms with van der Waals surface area (Å²) in [5, 5.41) is 3.04. The van der Waals surface area contributed by atoms with E-state index in [1.807, 2.05) is 9.80 Å². The quantitative estimate of drug-likeness (QED) is 0.440. The summed E-state index contributed by atoms with van der Waals surface area (Å²) in [4.78, 5) is 24.3. The molecular weight excluding hydrogens is 484 g/mol. The summed E-state index contributed by atoms with van der Waals surface area (Å²) in [7, 11) is -0.897. The Labute approximate surface area is 204 Å². The van der Waals surface area contributed by atoms with E-state index in [-0.39, 0.29) is 26.5 Å². The highest BCUT2D eigenvalue weighted by Gasteiger charge is 2.26. The summed E-state index contributed by atoms with van der Waals surface area (Å²) in [6.07, 6.45) is 1.98. The highest BCUT2D eigenvalue weighted by Crippen LogP contribution is 2.31. The maximum absolute atomic E-state index is 13.0. The maximum atomic E-state index is 13.0. The standard InChI is InChI=1S/C21H29ClN6O5S/c1-32-11-3-6-24-19(29)14-27-7-9-28(10-8-27)21-25-13-18(20(23)26-21)34(30,31)15-4-5-17(33-2)16(22)12-15/h4-5,12-13H,3,6-11,14H2,1-2H3,(H,24,29)(H2,23,25,26). The summed E-state index contributed by atoms with van der Waals surface area (Å²) in [5.41, 5.74) is 6.02. The van der Waals surface area contributed by atoms with Gasteiger partial charge in [-0.3, -0.25) is 9.69 Å². The molecule has 0 bridgehead atoms. The predicted molar refractivity (Wildman–Crippen MR) is 128 cm³/mol. The smallest absolute Gasteiger partial charge is 0.234 e. The number of piperazine rings is 1. The van der Waals surface area contributed by atoms with Crippen molar-refractivity contribution in [2.24, 2.45) is 0 Å². The molecule has 1 aromatic heterocycles. The van der Waals surface area contributed by atoms with Crippen LogP contribution in [0.4, 0.5) is 11.8 Å². The van der Waals surface area contributed by atoms with Crippen LogP contribution in [0.2, 0.25) is 5.02 Å². The van der Waals surface area contributed by atoms with Crippen LogP contribution >= 0.6 is 11.6 Å². The molecule has 1 aliphatic rings. The number of carbonyl (C=O) groups is 1. The summed E-state index contributed by atoms with van der Waals surface area (Å²) < 4.78 is 36.1. The lowest BCUT2D eigenvalue weighted by atomic mass is 10.3. The molecule has 11 nitrogen and oxygen atoms in total. The number of amides is 1. The van der Waals surface area contributed by atoms with E-state index in [4.69, 9.17) is 26.8 Å². The fourth-order valence-electron chi connectivity index (χ4n) is 3.48. The van der Waals surface area contributed by atoms with Crippen molar-refractivity contribution in [1.29, 1.82) is 0 Å². The molecule has 0 aliphatic carbocycles. The van der Waals surface area contributed by atoms with Gasteiger partial charge in [-0.05, 0) is 24.6 Å². The Morgan fingerprint density at radius 1 is 1.24 bits per heavy atom. The second-order valence-corrected chi connectivity index (χ2v) is 10.0. The van der Waals surface area contributed by atoms with Gasteiger partial charge in [0.15, 0.2) is 0 Å². The molecule has 3 rings (SSSR count). The number of rotatable bonds is 10. The van der Waals surface area contributed by atoms with Gasteiger partial charge in [-0.15, -0.1) is 0 Å². The zero-order valence-electron chi connectivity index (χ0n) is 19.2. The van der Waals surface area contributed by atoms with Crippen molar-refractivity contribution in [1.82, 2.24) is 20.2 Å². The monoisotopic (exact) mass is 512 g/mol. The van der Waals surface area contributed by atoms with Crippen LogP contribution in [0.1, 0.15) is 6.42 Å². The molecule has 2 heterocycles. The first-order chi connectivity index (χ1) is 16.3. The molecule has 0 unspecified atom stereocenters. The molecule has 3 N–H and O–H groups in total. The van der Waals surface area contributed by atoms with Crippen LogP contribution in [-0.4, -0.2) is 89.3 Å². The molecule has 1 fully saturated rings. The molecule has 34 heavy (non-hydrogen) atoms. The maximum Gasteiger partial charge on any atom is 0.234 e. The number of carbonyl (C=O) groups excluding carboxylic acids is 1. The largest absolute Gasteiger partial charge is 0.495 e. The molecule has 0 saturated carbocycles. The number of benzene rings is 1. The zero-order valence-corrected chi connectivity index (χ0v) is 20.7. The van der Waals surface area contributed by atoms with Crippen molar-refractivity contribution in [2.45, 2.75) is 16.2 Å². The van der Waals surface area contributed by atoms with Gasteiger partial charge in [0.1, 0.15) is 16.5 Å². The molecule has 1 aliphatic heterocycles. The number of halogens is 1. The average Bonchev–Trinajstić information content (AvgIpc) is 2.82.